The van der Waals surface area contributed by atoms with Gasteiger partial charge in [-0.25, -0.2) is 9.59 Å². The highest BCUT2D eigenvalue weighted by molar-refractivity contribution is 6.32. The normalized spacial score (nSPS) is 16.7. The van der Waals surface area contributed by atoms with Crippen LogP contribution in [-0.4, -0.2) is 32.8 Å². The van der Waals surface area contributed by atoms with Crippen molar-refractivity contribution in [3.05, 3.63) is 34.0 Å². The van der Waals surface area contributed by atoms with Gasteiger partial charge in [-0.3, -0.25) is 0 Å². The van der Waals surface area contributed by atoms with E-state index in [1.807, 2.05) is 13.8 Å². The maximum absolute atomic E-state index is 12.4. The summed E-state index contributed by atoms with van der Waals surface area (Å²) in [6.07, 6.45) is 1.30. The first-order chi connectivity index (χ1) is 12.5. The maximum Gasteiger partial charge on any atom is 0.337 e. The van der Waals surface area contributed by atoms with Crippen molar-refractivity contribution in [2.75, 3.05) is 20.8 Å². The zero-order chi connectivity index (χ0) is 19.3. The Morgan fingerprint density at radius 1 is 1.27 bits per heavy atom. The minimum absolute atomic E-state index is 0.322. The Hall–Kier alpha value is -2.41. The molecule has 26 heavy (non-hydrogen) atoms. The van der Waals surface area contributed by atoms with E-state index < -0.39 is 18.0 Å². The van der Waals surface area contributed by atoms with Crippen molar-refractivity contribution < 1.29 is 23.8 Å². The summed E-state index contributed by atoms with van der Waals surface area (Å²) < 4.78 is 15.8. The summed E-state index contributed by atoms with van der Waals surface area (Å²) in [4.78, 5) is 24.5. The van der Waals surface area contributed by atoms with Crippen LogP contribution in [0.25, 0.3) is 0 Å². The number of halogens is 1. The molecule has 1 unspecified atom stereocenters. The molecule has 1 atom stereocenters. The summed E-state index contributed by atoms with van der Waals surface area (Å²) in [6.45, 7) is 4.21. The number of hydrogen-bond acceptors (Lipinski definition) is 5. The first-order valence-electron chi connectivity index (χ1n) is 8.35. The van der Waals surface area contributed by atoms with Crippen LogP contribution in [0.2, 0.25) is 5.02 Å². The second-order valence-corrected chi connectivity index (χ2v) is 6.04. The highest BCUT2D eigenvalue weighted by atomic mass is 35.5. The van der Waals surface area contributed by atoms with Crippen molar-refractivity contribution in [3.63, 3.8) is 0 Å². The van der Waals surface area contributed by atoms with E-state index in [-0.39, 0.29) is 0 Å². The van der Waals surface area contributed by atoms with Gasteiger partial charge in [-0.2, -0.15) is 0 Å². The molecule has 0 fully saturated rings. The number of amides is 2. The zero-order valence-corrected chi connectivity index (χ0v) is 16.0. The van der Waals surface area contributed by atoms with Crippen molar-refractivity contribution in [2.24, 2.45) is 0 Å². The number of ether oxygens (including phenoxy) is 3. The van der Waals surface area contributed by atoms with E-state index in [1.165, 1.54) is 14.2 Å². The van der Waals surface area contributed by atoms with Crippen molar-refractivity contribution in [1.29, 1.82) is 0 Å². The van der Waals surface area contributed by atoms with E-state index in [0.717, 1.165) is 6.42 Å². The molecular formula is C18H23ClN2O5. The lowest BCUT2D eigenvalue weighted by molar-refractivity contribution is -0.136. The Morgan fingerprint density at radius 2 is 2.00 bits per heavy atom. The number of nitrogens with one attached hydrogen (secondary N) is 2. The minimum atomic E-state index is -0.708. The summed E-state index contributed by atoms with van der Waals surface area (Å²) in [5.41, 5.74) is 1.48. The SMILES string of the molecule is CCCC1=C(C(=O)OC)C(c2cc(Cl)c(OC)c(OCC)c2)NC(=O)N1. The van der Waals surface area contributed by atoms with Crippen LogP contribution in [0.5, 0.6) is 11.5 Å². The smallest absolute Gasteiger partial charge is 0.337 e. The number of esters is 1. The van der Waals surface area contributed by atoms with Crippen LogP contribution >= 0.6 is 11.6 Å². The quantitative estimate of drug-likeness (QED) is 0.706. The predicted molar refractivity (Wildman–Crippen MR) is 97.5 cm³/mol. The molecule has 0 spiro atoms. The summed E-state index contributed by atoms with van der Waals surface area (Å²) in [6, 6.07) is 2.25. The highest BCUT2D eigenvalue weighted by Crippen LogP contribution is 2.40. The topological polar surface area (TPSA) is 85.9 Å². The van der Waals surface area contributed by atoms with E-state index in [4.69, 9.17) is 25.8 Å². The predicted octanol–water partition coefficient (Wildman–Crippen LogP) is 3.33. The van der Waals surface area contributed by atoms with Crippen molar-refractivity contribution in [2.45, 2.75) is 32.7 Å². The zero-order valence-electron chi connectivity index (χ0n) is 15.3. The number of carbonyl (C=O) groups is 2. The highest BCUT2D eigenvalue weighted by Gasteiger charge is 2.34. The molecule has 1 aromatic carbocycles. The Kier molecular flexibility index (Phi) is 6.74. The van der Waals surface area contributed by atoms with Crippen LogP contribution in [0.4, 0.5) is 4.79 Å². The molecule has 2 N–H and O–H groups in total. The summed E-state index contributed by atoms with van der Waals surface area (Å²) in [5.74, 6) is 0.317. The Morgan fingerprint density at radius 3 is 2.58 bits per heavy atom. The van der Waals surface area contributed by atoms with E-state index >= 15 is 0 Å². The second kappa shape index (κ2) is 8.80. The van der Waals surface area contributed by atoms with Crippen LogP contribution in [-0.2, 0) is 9.53 Å². The molecule has 0 aromatic heterocycles. The van der Waals surface area contributed by atoms with Gasteiger partial charge in [0.2, 0.25) is 0 Å². The van der Waals surface area contributed by atoms with Crippen LogP contribution in [0, 0.1) is 0 Å². The molecule has 1 aliphatic rings. The molecule has 0 saturated carbocycles. The van der Waals surface area contributed by atoms with Gasteiger partial charge in [-0.15, -0.1) is 0 Å². The average molecular weight is 383 g/mol. The van der Waals surface area contributed by atoms with Gasteiger partial charge >= 0.3 is 12.0 Å². The number of carbonyl (C=O) groups excluding carboxylic acids is 2. The van der Waals surface area contributed by atoms with Gasteiger partial charge in [0.15, 0.2) is 11.5 Å². The number of methoxy groups -OCH3 is 2. The molecule has 2 amide bonds. The first-order valence-corrected chi connectivity index (χ1v) is 8.73. The lowest BCUT2D eigenvalue weighted by Crippen LogP contribution is -2.45. The third-order valence-electron chi connectivity index (χ3n) is 3.93. The third-order valence-corrected chi connectivity index (χ3v) is 4.21. The Bertz CT molecular complexity index is 733. The lowest BCUT2D eigenvalue weighted by atomic mass is 9.93. The van der Waals surface area contributed by atoms with E-state index in [9.17, 15) is 9.59 Å². The average Bonchev–Trinajstić information content (AvgIpc) is 2.61. The van der Waals surface area contributed by atoms with Gasteiger partial charge in [-0.05, 0) is 31.0 Å². The Labute approximate surface area is 157 Å². The van der Waals surface area contributed by atoms with Gasteiger partial charge in [0, 0.05) is 5.70 Å². The number of rotatable bonds is 7. The fraction of sp³-hybridized carbons (Fsp3) is 0.444. The number of hydrogen-bond donors (Lipinski definition) is 2. The molecule has 2 rings (SSSR count). The third kappa shape index (κ3) is 4.04. The summed E-state index contributed by atoms with van der Waals surface area (Å²) in [5, 5.41) is 5.78. The molecule has 1 aromatic rings. The number of urea groups is 1. The van der Waals surface area contributed by atoms with Crippen molar-refractivity contribution in [1.82, 2.24) is 10.6 Å². The van der Waals surface area contributed by atoms with E-state index in [0.29, 0.717) is 46.4 Å². The molecule has 0 radical (unpaired) electrons. The molecule has 0 saturated heterocycles. The fourth-order valence-electron chi connectivity index (χ4n) is 2.88. The monoisotopic (exact) mass is 382 g/mol. The van der Waals surface area contributed by atoms with Gasteiger partial charge in [0.05, 0.1) is 37.5 Å². The summed E-state index contributed by atoms with van der Waals surface area (Å²) in [7, 11) is 2.80. The number of benzene rings is 1. The second-order valence-electron chi connectivity index (χ2n) is 5.63. The van der Waals surface area contributed by atoms with Gasteiger partial charge in [-0.1, -0.05) is 24.9 Å². The van der Waals surface area contributed by atoms with Crippen LogP contribution in [0.3, 0.4) is 0 Å². The maximum atomic E-state index is 12.4. The van der Waals surface area contributed by atoms with Crippen LogP contribution in [0.1, 0.15) is 38.3 Å². The lowest BCUT2D eigenvalue weighted by Gasteiger charge is -2.29. The molecular weight excluding hydrogens is 360 g/mol. The molecule has 1 heterocycles. The van der Waals surface area contributed by atoms with Crippen LogP contribution in [0.15, 0.2) is 23.4 Å². The van der Waals surface area contributed by atoms with Gasteiger partial charge in [0.25, 0.3) is 0 Å². The fourth-order valence-corrected chi connectivity index (χ4v) is 3.18. The van der Waals surface area contributed by atoms with Crippen LogP contribution < -0.4 is 20.1 Å². The van der Waals surface area contributed by atoms with Gasteiger partial charge < -0.3 is 24.8 Å². The Balaban J connectivity index is 2.61. The standard InChI is InChI=1S/C18H23ClN2O5/c1-5-7-12-14(17(22)25-4)15(21-18(23)20-12)10-8-11(19)16(24-3)13(9-10)26-6-2/h8-9,15H,5-7H2,1-4H3,(H2,20,21,23). The molecule has 142 valence electrons. The minimum Gasteiger partial charge on any atom is -0.491 e. The van der Waals surface area contributed by atoms with E-state index in [1.54, 1.807) is 12.1 Å². The van der Waals surface area contributed by atoms with Crippen molar-refractivity contribution in [3.8, 4) is 11.5 Å². The van der Waals surface area contributed by atoms with Crippen molar-refractivity contribution >= 4 is 23.6 Å². The summed E-state index contributed by atoms with van der Waals surface area (Å²) >= 11 is 6.32. The molecule has 8 heteroatoms. The molecule has 1 aliphatic heterocycles. The van der Waals surface area contributed by atoms with E-state index in [2.05, 4.69) is 10.6 Å². The largest absolute Gasteiger partial charge is 0.491 e. The number of allylic oxidation sites excluding steroid dienone is 1. The molecule has 0 bridgehead atoms. The first kappa shape index (κ1) is 19.9. The molecule has 7 nitrogen and oxygen atoms in total. The van der Waals surface area contributed by atoms with Gasteiger partial charge in [0.1, 0.15) is 0 Å². The molecule has 0 aliphatic carbocycles.